The molecule has 9 nitrogen and oxygen atoms in total. The smallest absolute Gasteiger partial charge is 0.353 e. The molecule has 1 N–H and O–H groups in total. The lowest BCUT2D eigenvalue weighted by Crippen LogP contribution is -2.51. The summed E-state index contributed by atoms with van der Waals surface area (Å²) in [6, 6.07) is 7.32. The number of imidazole rings is 1. The molecule has 1 aromatic heterocycles. The Balaban J connectivity index is 1.42. The third-order valence-corrected chi connectivity index (χ3v) is 8.62. The number of nitrogens with zero attached hydrogens (tertiary/aromatic N) is 3. The van der Waals surface area contributed by atoms with E-state index in [1.165, 1.54) is 16.7 Å². The summed E-state index contributed by atoms with van der Waals surface area (Å²) in [7, 11) is -1.85. The van der Waals surface area contributed by atoms with Crippen molar-refractivity contribution in [2.24, 2.45) is 0 Å². The highest BCUT2D eigenvalue weighted by Gasteiger charge is 2.52. The van der Waals surface area contributed by atoms with Crippen LogP contribution in [0.2, 0.25) is 0 Å². The van der Waals surface area contributed by atoms with Gasteiger partial charge in [-0.1, -0.05) is 23.9 Å². The van der Waals surface area contributed by atoms with Gasteiger partial charge in [0.2, 0.25) is 15.0 Å². The Morgan fingerprint density at radius 2 is 2.09 bits per heavy atom. The number of thioether (sulfide) groups is 1. The minimum atomic E-state index is -3.42. The van der Waals surface area contributed by atoms with Crippen LogP contribution in [0.1, 0.15) is 17.7 Å². The van der Waals surface area contributed by atoms with Gasteiger partial charge in [0.1, 0.15) is 16.8 Å². The molecule has 32 heavy (non-hydrogen) atoms. The highest BCUT2D eigenvalue weighted by Crippen LogP contribution is 2.50. The van der Waals surface area contributed by atoms with Gasteiger partial charge in [0, 0.05) is 24.1 Å². The first-order chi connectivity index (χ1) is 15.3. The van der Waals surface area contributed by atoms with Crippen LogP contribution < -0.4 is 4.74 Å². The van der Waals surface area contributed by atoms with Gasteiger partial charge in [-0.15, -0.1) is 0 Å². The third-order valence-electron chi connectivity index (χ3n) is 5.60. The molecule has 0 saturated carbocycles. The number of carbonyl (C=O) groups excluding carboxylic acids is 1. The first-order valence-corrected chi connectivity index (χ1v) is 12.4. The van der Waals surface area contributed by atoms with Gasteiger partial charge < -0.3 is 14.4 Å². The average Bonchev–Trinajstić information content (AvgIpc) is 3.33. The quantitative estimate of drug-likeness (QED) is 0.517. The fraction of sp³-hybridized carbons (Fsp3) is 0.286. The molecule has 1 fully saturated rings. The zero-order chi connectivity index (χ0) is 22.6. The predicted octanol–water partition coefficient (Wildman–Crippen LogP) is 1.91. The lowest BCUT2D eigenvalue weighted by molar-refractivity contribution is -0.141. The Kier molecular flexibility index (Phi) is 4.90. The predicted molar refractivity (Wildman–Crippen MR) is 116 cm³/mol. The molecule has 5 rings (SSSR count). The second-order valence-corrected chi connectivity index (χ2v) is 10.8. The molecule has 0 aliphatic carbocycles. The summed E-state index contributed by atoms with van der Waals surface area (Å²) >= 11 is 1.32. The minimum Gasteiger partial charge on any atom is -0.497 e. The van der Waals surface area contributed by atoms with Crippen molar-refractivity contribution in [3.8, 4) is 5.75 Å². The number of benzene rings is 1. The second-order valence-electron chi connectivity index (χ2n) is 7.66. The Labute approximate surface area is 188 Å². The van der Waals surface area contributed by atoms with Gasteiger partial charge in [-0.25, -0.2) is 18.2 Å². The summed E-state index contributed by atoms with van der Waals surface area (Å²) in [4.78, 5) is 30.8. The first-order valence-electron chi connectivity index (χ1n) is 9.89. The maximum Gasteiger partial charge on any atom is 0.353 e. The van der Waals surface area contributed by atoms with Crippen molar-refractivity contribution in [2.75, 3.05) is 12.9 Å². The van der Waals surface area contributed by atoms with Gasteiger partial charge >= 0.3 is 5.97 Å². The van der Waals surface area contributed by atoms with Crippen LogP contribution in [0.4, 0.5) is 0 Å². The normalized spacial score (nSPS) is 22.5. The monoisotopic (exact) mass is 473 g/mol. The van der Waals surface area contributed by atoms with E-state index in [9.17, 15) is 23.1 Å². The third kappa shape index (κ3) is 3.32. The van der Waals surface area contributed by atoms with E-state index in [4.69, 9.17) is 4.74 Å². The number of ether oxygens (including phenoxy) is 1. The first kappa shape index (κ1) is 20.8. The van der Waals surface area contributed by atoms with E-state index in [0.717, 1.165) is 5.56 Å². The van der Waals surface area contributed by atoms with Gasteiger partial charge in [0.05, 0.1) is 24.1 Å². The molecule has 1 aromatic carbocycles. The zero-order valence-corrected chi connectivity index (χ0v) is 18.6. The van der Waals surface area contributed by atoms with E-state index in [-0.39, 0.29) is 16.6 Å². The summed E-state index contributed by atoms with van der Waals surface area (Å²) in [5.41, 5.74) is 1.69. The lowest BCUT2D eigenvalue weighted by Gasteiger charge is -2.36. The molecule has 1 atom stereocenters. The Morgan fingerprint density at radius 1 is 1.34 bits per heavy atom. The number of carbonyl (C=O) groups is 2. The van der Waals surface area contributed by atoms with E-state index in [2.05, 4.69) is 4.98 Å². The zero-order valence-electron chi connectivity index (χ0n) is 17.0. The molecular formula is C21H19N3O6S2. The number of fused-ring (bicyclic) bond motifs is 2. The summed E-state index contributed by atoms with van der Waals surface area (Å²) in [6.07, 6.45) is 4.08. The van der Waals surface area contributed by atoms with Crippen LogP contribution in [0.5, 0.6) is 5.75 Å². The molecule has 3 aliphatic rings. The second kappa shape index (κ2) is 7.52. The summed E-state index contributed by atoms with van der Waals surface area (Å²) < 4.78 is 31.2. The number of β-lactam (4-membered cyclic amide) rings is 1. The van der Waals surface area contributed by atoms with Crippen molar-refractivity contribution in [1.29, 1.82) is 0 Å². The Hall–Kier alpha value is -3.05. The minimum absolute atomic E-state index is 0.00956. The molecule has 11 heteroatoms. The van der Waals surface area contributed by atoms with Crippen LogP contribution in [0.25, 0.3) is 6.08 Å². The van der Waals surface area contributed by atoms with E-state index in [1.807, 2.05) is 12.1 Å². The van der Waals surface area contributed by atoms with E-state index in [1.54, 1.807) is 36.1 Å². The summed E-state index contributed by atoms with van der Waals surface area (Å²) in [5, 5.41) is 9.30. The van der Waals surface area contributed by atoms with Crippen LogP contribution in [0.15, 0.2) is 51.8 Å². The molecule has 4 heterocycles. The van der Waals surface area contributed by atoms with Crippen molar-refractivity contribution in [3.05, 3.63) is 57.9 Å². The lowest BCUT2D eigenvalue weighted by atomic mass is 10.0. The number of aliphatic carboxylic acids is 1. The number of methoxy groups -OCH3 is 1. The molecule has 3 aliphatic heterocycles. The maximum absolute atomic E-state index is 12.8. The van der Waals surface area contributed by atoms with Crippen molar-refractivity contribution in [2.45, 2.75) is 29.9 Å². The maximum atomic E-state index is 12.8. The molecule has 166 valence electrons. The molecule has 1 saturated heterocycles. The van der Waals surface area contributed by atoms with Crippen LogP contribution >= 0.6 is 11.8 Å². The van der Waals surface area contributed by atoms with Crippen molar-refractivity contribution in [1.82, 2.24) is 14.5 Å². The highest BCUT2D eigenvalue weighted by atomic mass is 32.2. The number of hydrogen-bond acceptors (Lipinski definition) is 7. The number of carboxylic acids is 1. The number of rotatable bonds is 5. The van der Waals surface area contributed by atoms with Crippen molar-refractivity contribution < 1.29 is 27.9 Å². The Bertz CT molecular complexity index is 1310. The van der Waals surface area contributed by atoms with Crippen LogP contribution in [-0.4, -0.2) is 58.1 Å². The fourth-order valence-electron chi connectivity index (χ4n) is 4.07. The molecule has 0 unspecified atom stereocenters. The van der Waals surface area contributed by atoms with Crippen LogP contribution in [-0.2, 0) is 32.4 Å². The van der Waals surface area contributed by atoms with Gasteiger partial charge in [0.25, 0.3) is 5.91 Å². The van der Waals surface area contributed by atoms with E-state index >= 15 is 0 Å². The number of sulfone groups is 1. The van der Waals surface area contributed by atoms with Crippen molar-refractivity contribution >= 4 is 39.6 Å². The van der Waals surface area contributed by atoms with Crippen LogP contribution in [0.3, 0.4) is 0 Å². The topological polar surface area (TPSA) is 119 Å². The number of carboxylic acid groups (broad SMARTS) is 1. The molecule has 1 amide bonds. The molecule has 2 aromatic rings. The summed E-state index contributed by atoms with van der Waals surface area (Å²) in [5.74, 6) is -0.793. The van der Waals surface area contributed by atoms with Crippen LogP contribution in [0, 0.1) is 0 Å². The fourth-order valence-corrected chi connectivity index (χ4v) is 6.92. The number of allylic oxidation sites excluding steroid dienone is 1. The molecule has 0 radical (unpaired) electrons. The largest absolute Gasteiger partial charge is 0.497 e. The van der Waals surface area contributed by atoms with Gasteiger partial charge in [-0.2, -0.15) is 0 Å². The molecule has 0 bridgehead atoms. The number of aromatic nitrogens is 2. The van der Waals surface area contributed by atoms with E-state index in [0.29, 0.717) is 41.3 Å². The van der Waals surface area contributed by atoms with Gasteiger partial charge in [-0.05, 0) is 30.2 Å². The number of aryl methyl sites for hydroxylation is 1. The van der Waals surface area contributed by atoms with Gasteiger partial charge in [-0.3, -0.25) is 9.69 Å². The SMILES string of the molecule is COc1ccc(CC2=C(C(=O)O)N3C(=O)/C(=C/c4cn5c(n4)S(=O)(=O)CCC5)[C@H]3S2)cc1. The number of hydrogen-bond donors (Lipinski definition) is 1. The van der Waals surface area contributed by atoms with Gasteiger partial charge in [0.15, 0.2) is 0 Å². The summed E-state index contributed by atoms with van der Waals surface area (Å²) in [6.45, 7) is 0.555. The highest BCUT2D eigenvalue weighted by molar-refractivity contribution is 8.04. The standard InChI is InChI=1S/C21H19N3O6S2/c1-30-14-5-3-12(4-6-14)9-16-17(20(26)27)24-18(25)15(19(24)31-16)10-13-11-23-7-2-8-32(28,29)21(23)22-13/h3-6,10-11,19H,2,7-9H2,1H3,(H,26,27)/b15-10-/t19-/m1/s1. The van der Waals surface area contributed by atoms with Crippen molar-refractivity contribution in [3.63, 3.8) is 0 Å². The molecular weight excluding hydrogens is 454 g/mol. The van der Waals surface area contributed by atoms with E-state index < -0.39 is 27.1 Å². The molecule has 0 spiro atoms. The Morgan fingerprint density at radius 3 is 2.75 bits per heavy atom. The average molecular weight is 474 g/mol. The number of amides is 1.